The van der Waals surface area contributed by atoms with Crippen molar-refractivity contribution < 1.29 is 14.3 Å². The molecule has 0 fully saturated rings. The number of rotatable bonds is 6. The van der Waals surface area contributed by atoms with Crippen LogP contribution < -0.4 is 20.1 Å². The van der Waals surface area contributed by atoms with Gasteiger partial charge in [0.25, 0.3) is 0 Å². The van der Waals surface area contributed by atoms with Gasteiger partial charge >= 0.3 is 0 Å². The number of anilines is 1. The molecule has 2 N–H and O–H groups in total. The molecule has 8 heteroatoms. The zero-order chi connectivity index (χ0) is 23.2. The van der Waals surface area contributed by atoms with Crippen LogP contribution in [0.15, 0.2) is 77.8 Å². The van der Waals surface area contributed by atoms with Crippen molar-refractivity contribution in [3.8, 4) is 17.6 Å². The molecule has 0 saturated carbocycles. The first-order valence-corrected chi connectivity index (χ1v) is 10.6. The third-order valence-corrected chi connectivity index (χ3v) is 5.37. The number of hydrogen-bond acceptors (Lipinski definition) is 6. The fourth-order valence-electron chi connectivity index (χ4n) is 3.44. The second-order valence-electron chi connectivity index (χ2n) is 7.34. The van der Waals surface area contributed by atoms with Crippen molar-refractivity contribution in [2.45, 2.75) is 12.6 Å². The van der Waals surface area contributed by atoms with Gasteiger partial charge in [0.1, 0.15) is 12.6 Å². The number of ether oxygens (including phenoxy) is 2. The van der Waals surface area contributed by atoms with Gasteiger partial charge in [-0.05, 0) is 47.5 Å². The number of carbonyl (C=O) groups is 1. The van der Waals surface area contributed by atoms with Crippen molar-refractivity contribution in [2.75, 3.05) is 12.4 Å². The summed E-state index contributed by atoms with van der Waals surface area (Å²) >= 11 is 5.93. The van der Waals surface area contributed by atoms with Gasteiger partial charge < -0.3 is 14.8 Å². The molecule has 3 aromatic carbocycles. The van der Waals surface area contributed by atoms with Crippen LogP contribution in [0.25, 0.3) is 0 Å². The summed E-state index contributed by atoms with van der Waals surface area (Å²) in [6.07, 6.45) is 0. The summed E-state index contributed by atoms with van der Waals surface area (Å²) in [6.45, 7) is 0.385. The van der Waals surface area contributed by atoms with Gasteiger partial charge in [0.15, 0.2) is 17.4 Å². The quantitative estimate of drug-likeness (QED) is 0.555. The van der Waals surface area contributed by atoms with E-state index in [1.165, 1.54) is 0 Å². The maximum atomic E-state index is 12.6. The molecule has 0 radical (unpaired) electrons. The van der Waals surface area contributed by atoms with E-state index >= 15 is 0 Å². The summed E-state index contributed by atoms with van der Waals surface area (Å²) < 4.78 is 11.4. The summed E-state index contributed by atoms with van der Waals surface area (Å²) in [5.74, 6) is -0.114. The van der Waals surface area contributed by atoms with E-state index in [1.54, 1.807) is 49.6 Å². The minimum Gasteiger partial charge on any atom is -0.493 e. The number of nitrogens with zero attached hydrogens (tertiary/aromatic N) is 2. The van der Waals surface area contributed by atoms with Gasteiger partial charge in [-0.3, -0.25) is 10.1 Å². The number of halogens is 1. The molecular formula is C25H21ClN4O3. The second-order valence-corrected chi connectivity index (χ2v) is 7.77. The van der Waals surface area contributed by atoms with Crippen LogP contribution in [0.1, 0.15) is 17.2 Å². The van der Waals surface area contributed by atoms with Crippen molar-refractivity contribution in [3.63, 3.8) is 0 Å². The lowest BCUT2D eigenvalue weighted by molar-refractivity contribution is -0.122. The Labute approximate surface area is 196 Å². The molecule has 1 aliphatic heterocycles. The number of carbonyl (C=O) groups excluding carboxylic acids is 1. The predicted octanol–water partition coefficient (Wildman–Crippen LogP) is 4.71. The number of aliphatic imine (C=N–C) groups is 1. The maximum absolute atomic E-state index is 12.6. The van der Waals surface area contributed by atoms with Crippen LogP contribution in [0.4, 0.5) is 5.69 Å². The van der Waals surface area contributed by atoms with Crippen molar-refractivity contribution in [2.24, 2.45) is 10.9 Å². The van der Waals surface area contributed by atoms with Gasteiger partial charge in [0.05, 0.1) is 13.2 Å². The fraction of sp³-hybridized carbons (Fsp3) is 0.160. The van der Waals surface area contributed by atoms with E-state index in [-0.39, 0.29) is 5.96 Å². The van der Waals surface area contributed by atoms with Crippen LogP contribution in [0.3, 0.4) is 0 Å². The van der Waals surface area contributed by atoms with Gasteiger partial charge in [-0.25, -0.2) is 4.99 Å². The highest BCUT2D eigenvalue weighted by molar-refractivity contribution is 6.30. The highest BCUT2D eigenvalue weighted by atomic mass is 35.5. The molecule has 1 heterocycles. The normalized spacial score (nSPS) is 17.4. The molecule has 3 aromatic rings. The molecule has 0 bridgehead atoms. The molecule has 2 unspecified atom stereocenters. The minimum atomic E-state index is -0.985. The van der Waals surface area contributed by atoms with Crippen molar-refractivity contribution in [3.05, 3.63) is 88.9 Å². The molecule has 1 aliphatic rings. The average Bonchev–Trinajstić information content (AvgIpc) is 2.84. The number of guanidine groups is 1. The lowest BCUT2D eigenvalue weighted by atomic mass is 9.92. The molecular weight excluding hydrogens is 440 g/mol. The Bertz CT molecular complexity index is 1210. The fourth-order valence-corrected chi connectivity index (χ4v) is 3.56. The van der Waals surface area contributed by atoms with E-state index in [0.717, 1.165) is 5.56 Å². The van der Waals surface area contributed by atoms with Crippen LogP contribution in [0.2, 0.25) is 5.02 Å². The number of methoxy groups -OCH3 is 1. The lowest BCUT2D eigenvalue weighted by Gasteiger charge is -2.26. The minimum absolute atomic E-state index is 0.252. The van der Waals surface area contributed by atoms with Gasteiger partial charge in [-0.2, -0.15) is 5.26 Å². The Morgan fingerprint density at radius 1 is 1.09 bits per heavy atom. The summed E-state index contributed by atoms with van der Waals surface area (Å²) in [5, 5.41) is 15.9. The number of amides is 1. The topological polar surface area (TPSA) is 95.7 Å². The SMILES string of the molecule is COc1cc(C2N=C(Nc3ccc(Cl)cc3)NC(=O)C2C#N)ccc1OCc1ccccc1. The van der Waals surface area contributed by atoms with Gasteiger partial charge in [0.2, 0.25) is 11.9 Å². The van der Waals surface area contributed by atoms with E-state index in [4.69, 9.17) is 21.1 Å². The summed E-state index contributed by atoms with van der Waals surface area (Å²) in [5.41, 5.74) is 2.39. The molecule has 0 aliphatic carbocycles. The number of nitriles is 1. The number of nitrogens with one attached hydrogen (secondary N) is 2. The first-order chi connectivity index (χ1) is 16.1. The smallest absolute Gasteiger partial charge is 0.246 e. The van der Waals surface area contributed by atoms with Crippen LogP contribution in [-0.4, -0.2) is 19.0 Å². The molecule has 166 valence electrons. The molecule has 0 spiro atoms. The molecule has 4 rings (SSSR count). The third-order valence-electron chi connectivity index (χ3n) is 5.12. The van der Waals surface area contributed by atoms with E-state index in [2.05, 4.69) is 21.7 Å². The summed E-state index contributed by atoms with van der Waals surface area (Å²) in [7, 11) is 1.54. The molecule has 2 atom stereocenters. The van der Waals surface area contributed by atoms with E-state index in [9.17, 15) is 10.1 Å². The Kier molecular flexibility index (Phi) is 6.77. The molecule has 7 nitrogen and oxygen atoms in total. The Morgan fingerprint density at radius 2 is 1.85 bits per heavy atom. The number of hydrogen-bond donors (Lipinski definition) is 2. The van der Waals surface area contributed by atoms with Crippen LogP contribution in [-0.2, 0) is 11.4 Å². The third kappa shape index (κ3) is 5.25. The van der Waals surface area contributed by atoms with Crippen molar-refractivity contribution in [1.29, 1.82) is 5.26 Å². The Balaban J connectivity index is 1.59. The standard InChI is InChI=1S/C25H21ClN4O3/c1-32-22-13-17(7-12-21(22)33-15-16-5-3-2-4-6-16)23-20(14-27)24(31)30-25(29-23)28-19-10-8-18(26)9-11-19/h2-13,20,23H,15H2,1H3,(H2,28,29,30,31). The molecule has 33 heavy (non-hydrogen) atoms. The highest BCUT2D eigenvalue weighted by Crippen LogP contribution is 2.36. The average molecular weight is 461 g/mol. The van der Waals surface area contributed by atoms with Crippen LogP contribution in [0.5, 0.6) is 11.5 Å². The highest BCUT2D eigenvalue weighted by Gasteiger charge is 2.35. The van der Waals surface area contributed by atoms with Crippen molar-refractivity contribution >= 4 is 29.2 Å². The first kappa shape index (κ1) is 22.2. The molecule has 0 aromatic heterocycles. The summed E-state index contributed by atoms with van der Waals surface area (Å²) in [4.78, 5) is 17.2. The first-order valence-electron chi connectivity index (χ1n) is 10.2. The predicted molar refractivity (Wildman–Crippen MR) is 126 cm³/mol. The molecule has 0 saturated heterocycles. The van der Waals surface area contributed by atoms with E-state index in [1.807, 2.05) is 30.3 Å². The number of benzene rings is 3. The van der Waals surface area contributed by atoms with E-state index in [0.29, 0.717) is 34.4 Å². The van der Waals surface area contributed by atoms with Crippen LogP contribution in [0, 0.1) is 17.2 Å². The van der Waals surface area contributed by atoms with Crippen molar-refractivity contribution in [1.82, 2.24) is 5.32 Å². The second kappa shape index (κ2) is 10.1. The van der Waals surface area contributed by atoms with Gasteiger partial charge in [0, 0.05) is 10.7 Å². The van der Waals surface area contributed by atoms with Gasteiger partial charge in [-0.15, -0.1) is 0 Å². The lowest BCUT2D eigenvalue weighted by Crippen LogP contribution is -2.45. The largest absolute Gasteiger partial charge is 0.493 e. The maximum Gasteiger partial charge on any atom is 0.246 e. The monoisotopic (exact) mass is 460 g/mol. The molecule has 1 amide bonds. The zero-order valence-electron chi connectivity index (χ0n) is 17.8. The van der Waals surface area contributed by atoms with Crippen LogP contribution >= 0.6 is 11.6 Å². The van der Waals surface area contributed by atoms with Gasteiger partial charge in [-0.1, -0.05) is 48.0 Å². The summed E-state index contributed by atoms with van der Waals surface area (Å²) in [6, 6.07) is 23.4. The Morgan fingerprint density at radius 3 is 2.55 bits per heavy atom. The Hall–Kier alpha value is -4.02. The van der Waals surface area contributed by atoms with E-state index < -0.39 is 17.9 Å². The zero-order valence-corrected chi connectivity index (χ0v) is 18.5.